The van der Waals surface area contributed by atoms with Gasteiger partial charge in [-0.3, -0.25) is 9.36 Å². The topological polar surface area (TPSA) is 59.3 Å². The van der Waals surface area contributed by atoms with E-state index in [4.69, 9.17) is 5.11 Å². The molecule has 0 bridgehead atoms. The van der Waals surface area contributed by atoms with Crippen molar-refractivity contribution in [3.63, 3.8) is 0 Å². The Morgan fingerprint density at radius 2 is 1.76 bits per heavy atom. The monoisotopic (exact) mass is 233 g/mol. The van der Waals surface area contributed by atoms with Gasteiger partial charge in [-0.1, -0.05) is 6.07 Å². The molecule has 2 aromatic rings. The van der Waals surface area contributed by atoms with Crippen LogP contribution in [0.2, 0.25) is 0 Å². The summed E-state index contributed by atoms with van der Waals surface area (Å²) < 4.78 is 14.7. The van der Waals surface area contributed by atoms with Crippen molar-refractivity contribution in [3.8, 4) is 0 Å². The van der Waals surface area contributed by atoms with Gasteiger partial charge in [-0.25, -0.2) is 9.18 Å². The Hall–Kier alpha value is -2.43. The highest BCUT2D eigenvalue weighted by Crippen LogP contribution is 2.15. The lowest BCUT2D eigenvalue weighted by Crippen LogP contribution is -2.16. The lowest BCUT2D eigenvalue weighted by molar-refractivity contribution is 0.0690. The highest BCUT2D eigenvalue weighted by Gasteiger charge is 2.21. The third-order valence-electron chi connectivity index (χ3n) is 2.30. The summed E-state index contributed by atoms with van der Waals surface area (Å²) in [5.41, 5.74) is -0.778. The predicted octanol–water partition coefficient (Wildman–Crippen LogP) is 2.01. The second-order valence-corrected chi connectivity index (χ2v) is 3.36. The molecule has 1 aromatic heterocycles. The van der Waals surface area contributed by atoms with E-state index < -0.39 is 23.3 Å². The van der Waals surface area contributed by atoms with Gasteiger partial charge in [0.2, 0.25) is 0 Å². The van der Waals surface area contributed by atoms with Crippen LogP contribution in [-0.4, -0.2) is 21.6 Å². The molecule has 86 valence electrons. The molecule has 0 aliphatic rings. The van der Waals surface area contributed by atoms with Crippen molar-refractivity contribution in [2.45, 2.75) is 0 Å². The standard InChI is InChI=1S/C12H8FNO3/c13-9-5-3-4-8(12(16)17)10(9)11(15)14-6-1-2-7-14/h1-7H,(H,16,17). The zero-order valence-electron chi connectivity index (χ0n) is 8.63. The Morgan fingerprint density at radius 1 is 1.12 bits per heavy atom. The third kappa shape index (κ3) is 1.94. The molecule has 1 heterocycles. The smallest absolute Gasteiger partial charge is 0.336 e. The van der Waals surface area contributed by atoms with Crippen molar-refractivity contribution in [2.75, 3.05) is 0 Å². The first-order valence-corrected chi connectivity index (χ1v) is 4.80. The number of benzene rings is 1. The van der Waals surface area contributed by atoms with Crippen LogP contribution in [0.4, 0.5) is 4.39 Å². The van der Waals surface area contributed by atoms with Crippen molar-refractivity contribution in [1.82, 2.24) is 4.57 Å². The number of rotatable bonds is 2. The summed E-state index contributed by atoms with van der Waals surface area (Å²) in [5, 5.41) is 8.91. The Morgan fingerprint density at radius 3 is 2.35 bits per heavy atom. The number of carboxylic acids is 1. The number of nitrogens with zero attached hydrogens (tertiary/aromatic N) is 1. The van der Waals surface area contributed by atoms with Gasteiger partial charge in [0.05, 0.1) is 11.1 Å². The number of carboxylic acid groups (broad SMARTS) is 1. The lowest BCUT2D eigenvalue weighted by Gasteiger charge is -2.06. The number of hydrogen-bond acceptors (Lipinski definition) is 2. The molecule has 17 heavy (non-hydrogen) atoms. The molecule has 0 unspecified atom stereocenters. The third-order valence-corrected chi connectivity index (χ3v) is 2.30. The number of carbonyl (C=O) groups is 2. The van der Waals surface area contributed by atoms with Crippen LogP contribution < -0.4 is 0 Å². The molecule has 4 nitrogen and oxygen atoms in total. The minimum absolute atomic E-state index is 0.344. The van der Waals surface area contributed by atoms with E-state index in [-0.39, 0.29) is 5.56 Å². The molecule has 0 atom stereocenters. The maximum absolute atomic E-state index is 13.6. The zero-order chi connectivity index (χ0) is 12.4. The van der Waals surface area contributed by atoms with E-state index in [1.54, 1.807) is 12.1 Å². The van der Waals surface area contributed by atoms with Crippen molar-refractivity contribution < 1.29 is 19.1 Å². The molecule has 1 N–H and O–H groups in total. The minimum atomic E-state index is -1.33. The molecule has 1 aromatic carbocycles. The number of carbonyl (C=O) groups excluding carboxylic acids is 1. The number of halogens is 1. The SMILES string of the molecule is O=C(O)c1cccc(F)c1C(=O)n1cccc1. The summed E-state index contributed by atoms with van der Waals surface area (Å²) >= 11 is 0. The molecule has 0 aliphatic carbocycles. The normalized spacial score (nSPS) is 10.2. The molecule has 0 spiro atoms. The van der Waals surface area contributed by atoms with Gasteiger partial charge in [0.1, 0.15) is 5.82 Å². The summed E-state index contributed by atoms with van der Waals surface area (Å²) in [6.45, 7) is 0. The van der Waals surface area contributed by atoms with Crippen LogP contribution in [0.25, 0.3) is 0 Å². The number of hydrogen-bond donors (Lipinski definition) is 1. The zero-order valence-corrected chi connectivity index (χ0v) is 8.63. The highest BCUT2D eigenvalue weighted by atomic mass is 19.1. The van der Waals surface area contributed by atoms with Gasteiger partial charge in [0.15, 0.2) is 0 Å². The molecular weight excluding hydrogens is 225 g/mol. The fourth-order valence-electron chi connectivity index (χ4n) is 1.52. The van der Waals surface area contributed by atoms with Gasteiger partial charge in [0, 0.05) is 12.4 Å². The second kappa shape index (κ2) is 4.21. The molecule has 0 saturated carbocycles. The van der Waals surface area contributed by atoms with Crippen molar-refractivity contribution in [1.29, 1.82) is 0 Å². The first-order chi connectivity index (χ1) is 8.11. The van der Waals surface area contributed by atoms with Crippen LogP contribution in [0, 0.1) is 5.82 Å². The molecule has 0 fully saturated rings. The largest absolute Gasteiger partial charge is 0.478 e. The Kier molecular flexibility index (Phi) is 2.74. The van der Waals surface area contributed by atoms with Crippen molar-refractivity contribution in [3.05, 3.63) is 59.7 Å². The van der Waals surface area contributed by atoms with Crippen molar-refractivity contribution in [2.24, 2.45) is 0 Å². The minimum Gasteiger partial charge on any atom is -0.478 e. The van der Waals surface area contributed by atoms with Crippen molar-refractivity contribution >= 4 is 11.9 Å². The molecular formula is C12H8FNO3. The maximum Gasteiger partial charge on any atom is 0.336 e. The molecule has 2 rings (SSSR count). The van der Waals surface area contributed by atoms with Crippen LogP contribution >= 0.6 is 0 Å². The first kappa shape index (κ1) is 11.1. The Balaban J connectivity index is 2.59. The van der Waals surface area contributed by atoms with Gasteiger partial charge in [-0.15, -0.1) is 0 Å². The Labute approximate surface area is 95.9 Å². The quantitative estimate of drug-likeness (QED) is 0.863. The van der Waals surface area contributed by atoms with Crippen LogP contribution in [-0.2, 0) is 0 Å². The summed E-state index contributed by atoms with van der Waals surface area (Å²) in [7, 11) is 0. The molecule has 0 radical (unpaired) electrons. The molecule has 0 amide bonds. The van der Waals surface area contributed by atoms with Gasteiger partial charge in [-0.05, 0) is 24.3 Å². The molecule has 0 aliphatic heterocycles. The van der Waals surface area contributed by atoms with Crippen LogP contribution in [0.15, 0.2) is 42.7 Å². The lowest BCUT2D eigenvalue weighted by atomic mass is 10.1. The molecule has 0 saturated heterocycles. The Bertz CT molecular complexity index is 575. The molecule has 5 heteroatoms. The first-order valence-electron chi connectivity index (χ1n) is 4.80. The predicted molar refractivity (Wildman–Crippen MR) is 57.5 cm³/mol. The summed E-state index contributed by atoms with van der Waals surface area (Å²) in [5.74, 6) is -2.88. The van der Waals surface area contributed by atoms with E-state index in [1.165, 1.54) is 24.5 Å². The van der Waals surface area contributed by atoms with E-state index >= 15 is 0 Å². The van der Waals surface area contributed by atoms with Crippen LogP contribution in [0.1, 0.15) is 20.7 Å². The summed E-state index contributed by atoms with van der Waals surface area (Å²) in [4.78, 5) is 22.8. The van der Waals surface area contributed by atoms with E-state index in [9.17, 15) is 14.0 Å². The fourth-order valence-corrected chi connectivity index (χ4v) is 1.52. The highest BCUT2D eigenvalue weighted by molar-refractivity contribution is 6.05. The average Bonchev–Trinajstić information content (AvgIpc) is 2.81. The fraction of sp³-hybridized carbons (Fsp3) is 0. The van der Waals surface area contributed by atoms with Crippen LogP contribution in [0.3, 0.4) is 0 Å². The second-order valence-electron chi connectivity index (χ2n) is 3.36. The van der Waals surface area contributed by atoms with E-state index in [1.807, 2.05) is 0 Å². The van der Waals surface area contributed by atoms with Crippen LogP contribution in [0.5, 0.6) is 0 Å². The summed E-state index contributed by atoms with van der Waals surface area (Å²) in [6.07, 6.45) is 2.86. The van der Waals surface area contributed by atoms with Gasteiger partial charge >= 0.3 is 5.97 Å². The van der Waals surface area contributed by atoms with Gasteiger partial charge < -0.3 is 5.11 Å². The van der Waals surface area contributed by atoms with Gasteiger partial charge in [-0.2, -0.15) is 0 Å². The number of aromatic nitrogens is 1. The number of aromatic carboxylic acids is 1. The van der Waals surface area contributed by atoms with Gasteiger partial charge in [0.25, 0.3) is 5.91 Å². The summed E-state index contributed by atoms with van der Waals surface area (Å²) in [6, 6.07) is 6.70. The van der Waals surface area contributed by atoms with E-state index in [2.05, 4.69) is 0 Å². The average molecular weight is 233 g/mol. The maximum atomic E-state index is 13.6. The van der Waals surface area contributed by atoms with E-state index in [0.29, 0.717) is 0 Å². The van der Waals surface area contributed by atoms with E-state index in [0.717, 1.165) is 10.6 Å².